The number of nitrogens with one attached hydrogen (secondary N) is 1. The van der Waals surface area contributed by atoms with Gasteiger partial charge in [0.25, 0.3) is 5.91 Å². The predicted octanol–water partition coefficient (Wildman–Crippen LogP) is 5.55. The first-order valence-electron chi connectivity index (χ1n) is 10.6. The number of rotatable bonds is 6. The van der Waals surface area contributed by atoms with E-state index < -0.39 is 0 Å². The lowest BCUT2D eigenvalue weighted by Gasteiger charge is -2.56. The number of nitrogens with zero attached hydrogens (tertiary/aromatic N) is 1. The quantitative estimate of drug-likeness (QED) is 0.593. The Hall–Kier alpha value is -1.92. The Labute approximate surface area is 185 Å². The summed E-state index contributed by atoms with van der Waals surface area (Å²) < 4.78 is 5.33. The van der Waals surface area contributed by atoms with E-state index in [0.717, 1.165) is 42.6 Å². The number of carbonyl (C=O) groups is 2. The van der Waals surface area contributed by atoms with Crippen LogP contribution in [0, 0.1) is 23.2 Å². The van der Waals surface area contributed by atoms with Crippen molar-refractivity contribution in [3.63, 3.8) is 0 Å². The van der Waals surface area contributed by atoms with E-state index in [1.165, 1.54) is 30.6 Å². The number of aromatic nitrogens is 1. The zero-order valence-corrected chi connectivity index (χ0v) is 18.3. The maximum atomic E-state index is 12.5. The van der Waals surface area contributed by atoms with E-state index in [0.29, 0.717) is 22.3 Å². The van der Waals surface area contributed by atoms with Crippen LogP contribution in [-0.2, 0) is 14.3 Å². The first-order valence-corrected chi connectivity index (χ1v) is 11.9. The summed E-state index contributed by atoms with van der Waals surface area (Å²) >= 11 is 7.52. The van der Waals surface area contributed by atoms with Gasteiger partial charge in [-0.15, -0.1) is 11.3 Å². The van der Waals surface area contributed by atoms with E-state index in [1.54, 1.807) is 6.07 Å². The van der Waals surface area contributed by atoms with E-state index in [-0.39, 0.29) is 23.9 Å². The molecular weight excluding hydrogens is 420 g/mol. The molecule has 5 nitrogen and oxygen atoms in total. The number of anilines is 1. The minimum atomic E-state index is -0.367. The van der Waals surface area contributed by atoms with Crippen LogP contribution in [0.4, 0.5) is 5.13 Å². The summed E-state index contributed by atoms with van der Waals surface area (Å²) in [7, 11) is 0. The lowest BCUT2D eigenvalue weighted by atomic mass is 9.49. The van der Waals surface area contributed by atoms with Gasteiger partial charge in [0.2, 0.25) is 0 Å². The molecule has 1 amide bonds. The van der Waals surface area contributed by atoms with Crippen LogP contribution in [-0.4, -0.2) is 23.5 Å². The molecule has 4 saturated carbocycles. The molecule has 0 unspecified atom stereocenters. The first-order chi connectivity index (χ1) is 14.5. The zero-order valence-electron chi connectivity index (χ0n) is 16.7. The van der Waals surface area contributed by atoms with Gasteiger partial charge in [-0.05, 0) is 67.8 Å². The maximum Gasteiger partial charge on any atom is 0.306 e. The summed E-state index contributed by atoms with van der Waals surface area (Å²) in [5.41, 5.74) is 1.65. The Morgan fingerprint density at radius 1 is 1.13 bits per heavy atom. The summed E-state index contributed by atoms with van der Waals surface area (Å²) in [5, 5.41) is 5.63. The number of esters is 1. The topological polar surface area (TPSA) is 68.3 Å². The molecule has 7 heteroatoms. The van der Waals surface area contributed by atoms with Crippen molar-refractivity contribution in [1.29, 1.82) is 0 Å². The van der Waals surface area contributed by atoms with Gasteiger partial charge >= 0.3 is 5.97 Å². The van der Waals surface area contributed by atoms with E-state index in [2.05, 4.69) is 10.3 Å². The summed E-state index contributed by atoms with van der Waals surface area (Å²) in [5.74, 6) is 1.77. The van der Waals surface area contributed by atoms with Crippen LogP contribution in [0.2, 0.25) is 5.02 Å². The third kappa shape index (κ3) is 4.12. The lowest BCUT2D eigenvalue weighted by Crippen LogP contribution is -2.47. The minimum Gasteiger partial charge on any atom is -0.456 e. The van der Waals surface area contributed by atoms with Gasteiger partial charge < -0.3 is 4.74 Å². The molecule has 1 aromatic heterocycles. The molecule has 6 rings (SSSR count). The minimum absolute atomic E-state index is 0.126. The summed E-state index contributed by atoms with van der Waals surface area (Å²) in [4.78, 5) is 29.1. The molecule has 1 N–H and O–H groups in total. The highest BCUT2D eigenvalue weighted by Gasteiger charge is 2.51. The highest BCUT2D eigenvalue weighted by molar-refractivity contribution is 7.14. The number of carbonyl (C=O) groups excluding carboxylic acids is 2. The zero-order chi connectivity index (χ0) is 20.7. The first kappa shape index (κ1) is 20.0. The van der Waals surface area contributed by atoms with Gasteiger partial charge in [0, 0.05) is 16.0 Å². The number of amides is 1. The molecule has 1 heterocycles. The molecular formula is C23H25ClN2O3S. The number of hydrogen-bond acceptors (Lipinski definition) is 5. The van der Waals surface area contributed by atoms with Crippen LogP contribution in [0.15, 0.2) is 29.6 Å². The molecule has 0 radical (unpaired) electrons. The molecule has 4 aliphatic carbocycles. The molecule has 1 aromatic carbocycles. The third-order valence-electron chi connectivity index (χ3n) is 6.95. The van der Waals surface area contributed by atoms with Gasteiger partial charge in [-0.2, -0.15) is 0 Å². The SMILES string of the molecule is O=C(COC(=O)CC12CC3CC(CC(C3)C1)C2)Nc1nc(-c2ccccc2Cl)cs1. The van der Waals surface area contributed by atoms with Crippen molar-refractivity contribution in [3.05, 3.63) is 34.7 Å². The Kier molecular flexibility index (Phi) is 5.31. The van der Waals surface area contributed by atoms with Crippen LogP contribution in [0.3, 0.4) is 0 Å². The van der Waals surface area contributed by atoms with Gasteiger partial charge in [0.15, 0.2) is 11.7 Å². The van der Waals surface area contributed by atoms with Gasteiger partial charge in [-0.1, -0.05) is 29.8 Å². The van der Waals surface area contributed by atoms with Crippen LogP contribution in [0.5, 0.6) is 0 Å². The van der Waals surface area contributed by atoms with Crippen molar-refractivity contribution in [2.75, 3.05) is 11.9 Å². The lowest BCUT2D eigenvalue weighted by molar-refractivity contribution is -0.154. The Morgan fingerprint density at radius 3 is 2.47 bits per heavy atom. The fraction of sp³-hybridized carbons (Fsp3) is 0.522. The Balaban J connectivity index is 1.13. The van der Waals surface area contributed by atoms with E-state index in [1.807, 2.05) is 23.6 Å². The van der Waals surface area contributed by atoms with Crippen molar-refractivity contribution < 1.29 is 14.3 Å². The fourth-order valence-electron chi connectivity index (χ4n) is 6.29. The van der Waals surface area contributed by atoms with Crippen molar-refractivity contribution >= 4 is 39.9 Å². The van der Waals surface area contributed by atoms with Crippen molar-refractivity contribution in [2.24, 2.45) is 23.2 Å². The monoisotopic (exact) mass is 444 g/mol. The molecule has 0 atom stereocenters. The van der Waals surface area contributed by atoms with Crippen LogP contribution >= 0.6 is 22.9 Å². The van der Waals surface area contributed by atoms with Crippen LogP contribution < -0.4 is 5.32 Å². The highest BCUT2D eigenvalue weighted by Crippen LogP contribution is 2.61. The largest absolute Gasteiger partial charge is 0.456 e. The number of thiazole rings is 1. The van der Waals surface area contributed by atoms with E-state index in [9.17, 15) is 9.59 Å². The second-order valence-corrected chi connectivity index (χ2v) is 10.6. The second-order valence-electron chi connectivity index (χ2n) is 9.32. The molecule has 4 bridgehead atoms. The number of hydrogen-bond donors (Lipinski definition) is 1. The maximum absolute atomic E-state index is 12.5. The summed E-state index contributed by atoms with van der Waals surface area (Å²) in [6.07, 6.45) is 7.97. The van der Waals surface area contributed by atoms with Gasteiger partial charge in [-0.25, -0.2) is 4.98 Å². The highest BCUT2D eigenvalue weighted by atomic mass is 35.5. The Morgan fingerprint density at radius 2 is 1.80 bits per heavy atom. The molecule has 0 spiro atoms. The Bertz CT molecular complexity index is 938. The molecule has 0 aliphatic heterocycles. The number of benzene rings is 1. The van der Waals surface area contributed by atoms with Crippen molar-refractivity contribution in [3.8, 4) is 11.3 Å². The summed E-state index contributed by atoms with van der Waals surface area (Å²) in [6, 6.07) is 7.44. The standard InChI is InChI=1S/C23H25ClN2O3S/c24-18-4-2-1-3-17(18)19-13-30-22(25-19)26-20(27)12-29-21(28)11-23-8-14-5-15(9-23)7-16(6-14)10-23/h1-4,13-16H,5-12H2,(H,25,26,27). The van der Waals surface area contributed by atoms with Crippen molar-refractivity contribution in [1.82, 2.24) is 4.98 Å². The number of ether oxygens (including phenoxy) is 1. The van der Waals surface area contributed by atoms with Crippen molar-refractivity contribution in [2.45, 2.75) is 44.9 Å². The molecule has 4 aliphatic rings. The van der Waals surface area contributed by atoms with Crippen LogP contribution in [0.25, 0.3) is 11.3 Å². The average molecular weight is 445 g/mol. The smallest absolute Gasteiger partial charge is 0.306 e. The summed E-state index contributed by atoms with van der Waals surface area (Å²) in [6.45, 7) is -0.272. The molecule has 2 aromatic rings. The normalized spacial score (nSPS) is 29.0. The molecule has 158 valence electrons. The van der Waals surface area contributed by atoms with Crippen LogP contribution in [0.1, 0.15) is 44.9 Å². The van der Waals surface area contributed by atoms with Gasteiger partial charge in [0.05, 0.1) is 12.1 Å². The fourth-order valence-corrected chi connectivity index (χ4v) is 7.25. The van der Waals surface area contributed by atoms with E-state index >= 15 is 0 Å². The van der Waals surface area contributed by atoms with Gasteiger partial charge in [0.1, 0.15) is 0 Å². The predicted molar refractivity (Wildman–Crippen MR) is 117 cm³/mol. The molecule has 30 heavy (non-hydrogen) atoms. The van der Waals surface area contributed by atoms with E-state index in [4.69, 9.17) is 16.3 Å². The second kappa shape index (κ2) is 7.97. The van der Waals surface area contributed by atoms with Gasteiger partial charge in [-0.3, -0.25) is 14.9 Å². The number of halogens is 1. The third-order valence-corrected chi connectivity index (χ3v) is 8.04. The average Bonchev–Trinajstić information content (AvgIpc) is 3.13. The molecule has 4 fully saturated rings. The molecule has 0 saturated heterocycles.